The van der Waals surface area contributed by atoms with Gasteiger partial charge < -0.3 is 10.2 Å². The number of rotatable bonds is 7. The van der Waals surface area contributed by atoms with Crippen molar-refractivity contribution in [3.05, 3.63) is 53.9 Å². The summed E-state index contributed by atoms with van der Waals surface area (Å²) in [6, 6.07) is 6.41. The Kier molecular flexibility index (Phi) is 7.48. The predicted molar refractivity (Wildman–Crippen MR) is 124 cm³/mol. The summed E-state index contributed by atoms with van der Waals surface area (Å²) in [5.41, 5.74) is 1.83. The van der Waals surface area contributed by atoms with Crippen LogP contribution in [0.5, 0.6) is 0 Å². The van der Waals surface area contributed by atoms with Crippen LogP contribution in [0.1, 0.15) is 44.0 Å². The van der Waals surface area contributed by atoms with Crippen molar-refractivity contribution in [2.45, 2.75) is 51.6 Å². The summed E-state index contributed by atoms with van der Waals surface area (Å²) < 4.78 is 13.1. The second-order valence-electron chi connectivity index (χ2n) is 9.31. The van der Waals surface area contributed by atoms with Crippen LogP contribution in [-0.2, 0) is 17.8 Å². The van der Waals surface area contributed by atoms with Gasteiger partial charge in [-0.2, -0.15) is 0 Å². The second kappa shape index (κ2) is 10.5. The van der Waals surface area contributed by atoms with Crippen molar-refractivity contribution >= 4 is 11.6 Å². The molecule has 7 heteroatoms. The van der Waals surface area contributed by atoms with Gasteiger partial charge in [-0.3, -0.25) is 9.69 Å². The molecule has 2 aromatic rings. The van der Waals surface area contributed by atoms with Gasteiger partial charge in [-0.25, -0.2) is 14.4 Å². The van der Waals surface area contributed by atoms with Gasteiger partial charge in [-0.15, -0.1) is 0 Å². The number of nitrogens with one attached hydrogen (secondary N) is 1. The molecular weight excluding hydrogens is 405 g/mol. The van der Waals surface area contributed by atoms with E-state index in [4.69, 9.17) is 0 Å². The molecule has 2 fully saturated rings. The van der Waals surface area contributed by atoms with Crippen LogP contribution in [0.3, 0.4) is 0 Å². The fourth-order valence-corrected chi connectivity index (χ4v) is 5.12. The number of halogens is 1. The van der Waals surface area contributed by atoms with Crippen LogP contribution < -0.4 is 5.32 Å². The number of carbonyl (C=O) groups is 1. The Morgan fingerprint density at radius 3 is 2.50 bits per heavy atom. The number of likely N-dealkylation sites (tertiary alicyclic amines) is 2. The summed E-state index contributed by atoms with van der Waals surface area (Å²) in [7, 11) is 2.14. The fraction of sp³-hybridized carbons (Fsp3) is 0.560. The summed E-state index contributed by atoms with van der Waals surface area (Å²) >= 11 is 0. The molecule has 1 amide bonds. The molecule has 2 aliphatic rings. The lowest BCUT2D eigenvalue weighted by molar-refractivity contribution is -0.119. The number of benzene rings is 1. The highest BCUT2D eigenvalue weighted by Crippen LogP contribution is 2.33. The molecule has 2 unspecified atom stereocenters. The largest absolute Gasteiger partial charge is 0.326 e. The maximum atomic E-state index is 13.1. The van der Waals surface area contributed by atoms with Crippen LogP contribution >= 0.6 is 0 Å². The summed E-state index contributed by atoms with van der Waals surface area (Å²) in [5.74, 6) is 1.26. The third-order valence-corrected chi connectivity index (χ3v) is 6.90. The Balaban J connectivity index is 1.25. The van der Waals surface area contributed by atoms with Crippen LogP contribution in [0, 0.1) is 17.7 Å². The summed E-state index contributed by atoms with van der Waals surface area (Å²) in [5, 5.41) is 2.95. The lowest BCUT2D eigenvalue weighted by Crippen LogP contribution is -2.41. The average molecular weight is 440 g/mol. The van der Waals surface area contributed by atoms with E-state index in [-0.39, 0.29) is 17.6 Å². The maximum Gasteiger partial charge on any atom is 0.228 e. The number of hydrogen-bond donors (Lipinski definition) is 1. The van der Waals surface area contributed by atoms with Gasteiger partial charge in [0.2, 0.25) is 5.91 Å². The van der Waals surface area contributed by atoms with Gasteiger partial charge in [0.1, 0.15) is 11.6 Å². The summed E-state index contributed by atoms with van der Waals surface area (Å²) in [6.45, 7) is 5.96. The number of anilines is 1. The van der Waals surface area contributed by atoms with Gasteiger partial charge in [-0.1, -0.05) is 6.92 Å². The van der Waals surface area contributed by atoms with E-state index in [0.717, 1.165) is 64.1 Å². The topological polar surface area (TPSA) is 61.4 Å². The van der Waals surface area contributed by atoms with Crippen molar-refractivity contribution in [3.8, 4) is 0 Å². The third kappa shape index (κ3) is 5.70. The molecule has 0 bridgehead atoms. The summed E-state index contributed by atoms with van der Waals surface area (Å²) in [4.78, 5) is 26.5. The van der Waals surface area contributed by atoms with Crippen molar-refractivity contribution < 1.29 is 9.18 Å². The molecule has 0 aliphatic carbocycles. The van der Waals surface area contributed by atoms with Crippen LogP contribution in [0.25, 0.3) is 0 Å². The van der Waals surface area contributed by atoms with Gasteiger partial charge in [0, 0.05) is 49.2 Å². The maximum absolute atomic E-state index is 13.1. The van der Waals surface area contributed by atoms with E-state index < -0.39 is 0 Å². The minimum absolute atomic E-state index is 0.0214. The Hall–Kier alpha value is -2.38. The first kappa shape index (κ1) is 22.8. The molecule has 1 N–H and O–H groups in total. The van der Waals surface area contributed by atoms with E-state index in [9.17, 15) is 9.18 Å². The van der Waals surface area contributed by atoms with Crippen molar-refractivity contribution in [1.29, 1.82) is 0 Å². The quantitative estimate of drug-likeness (QED) is 0.712. The van der Waals surface area contributed by atoms with Crippen LogP contribution in [0.15, 0.2) is 36.7 Å². The van der Waals surface area contributed by atoms with Gasteiger partial charge in [-0.05, 0) is 76.0 Å². The standard InChI is InChI=1S/C25H34FN5O/c1-3-4-24-27-14-18(15-28-24)16-31-11-9-19(10-12-31)23-13-20(17-30(23)2)25(32)29-22-7-5-21(26)6-8-22/h5-8,14-15,19-20,23H,3-4,9-13,16-17H2,1-2H3,(H,29,32). The normalized spacial score (nSPS) is 22.8. The van der Waals surface area contributed by atoms with E-state index >= 15 is 0 Å². The highest BCUT2D eigenvalue weighted by atomic mass is 19.1. The Morgan fingerprint density at radius 2 is 1.84 bits per heavy atom. The van der Waals surface area contributed by atoms with Gasteiger partial charge in [0.25, 0.3) is 0 Å². The number of piperidine rings is 1. The molecule has 172 valence electrons. The van der Waals surface area contributed by atoms with Crippen LogP contribution in [0.4, 0.5) is 10.1 Å². The molecule has 4 rings (SSSR count). The van der Waals surface area contributed by atoms with E-state index in [1.807, 2.05) is 12.4 Å². The Labute approximate surface area is 190 Å². The smallest absolute Gasteiger partial charge is 0.228 e. The van der Waals surface area contributed by atoms with Gasteiger partial charge in [0.05, 0.1) is 5.92 Å². The number of hydrogen-bond acceptors (Lipinski definition) is 5. The number of amides is 1. The number of nitrogens with zero attached hydrogens (tertiary/aromatic N) is 4. The zero-order chi connectivity index (χ0) is 22.5. The Morgan fingerprint density at radius 1 is 1.16 bits per heavy atom. The molecule has 1 aromatic carbocycles. The minimum atomic E-state index is -0.295. The van der Waals surface area contributed by atoms with Gasteiger partial charge >= 0.3 is 0 Å². The Bertz CT molecular complexity index is 880. The first-order chi connectivity index (χ1) is 15.5. The highest BCUT2D eigenvalue weighted by molar-refractivity contribution is 5.92. The zero-order valence-electron chi connectivity index (χ0n) is 19.1. The SMILES string of the molecule is CCCc1ncc(CN2CCC(C3CC(C(=O)Nc4ccc(F)cc4)CN3C)CC2)cn1. The molecular formula is C25H34FN5O. The molecule has 1 aromatic heterocycles. The van der Waals surface area contributed by atoms with Crippen molar-refractivity contribution in [2.75, 3.05) is 32.0 Å². The van der Waals surface area contributed by atoms with E-state index in [0.29, 0.717) is 17.6 Å². The third-order valence-electron chi connectivity index (χ3n) is 6.90. The van der Waals surface area contributed by atoms with Crippen LogP contribution in [0.2, 0.25) is 0 Å². The second-order valence-corrected chi connectivity index (χ2v) is 9.31. The number of aromatic nitrogens is 2. The molecule has 3 heterocycles. The lowest BCUT2D eigenvalue weighted by atomic mass is 9.86. The monoisotopic (exact) mass is 439 g/mol. The fourth-order valence-electron chi connectivity index (χ4n) is 5.12. The van der Waals surface area contributed by atoms with Gasteiger partial charge in [0.15, 0.2) is 0 Å². The number of carbonyl (C=O) groups excluding carboxylic acids is 1. The first-order valence-electron chi connectivity index (χ1n) is 11.8. The average Bonchev–Trinajstić information content (AvgIpc) is 3.19. The highest BCUT2D eigenvalue weighted by Gasteiger charge is 2.39. The zero-order valence-corrected chi connectivity index (χ0v) is 19.1. The lowest BCUT2D eigenvalue weighted by Gasteiger charge is -2.37. The van der Waals surface area contributed by atoms with E-state index in [2.05, 4.69) is 39.1 Å². The van der Waals surface area contributed by atoms with Crippen LogP contribution in [-0.4, -0.2) is 58.4 Å². The minimum Gasteiger partial charge on any atom is -0.326 e. The molecule has 0 radical (unpaired) electrons. The van der Waals surface area contributed by atoms with Crippen molar-refractivity contribution in [3.63, 3.8) is 0 Å². The molecule has 2 aliphatic heterocycles. The number of aryl methyl sites for hydroxylation is 1. The van der Waals surface area contributed by atoms with Crippen molar-refractivity contribution in [1.82, 2.24) is 19.8 Å². The van der Waals surface area contributed by atoms with Crippen molar-refractivity contribution in [2.24, 2.45) is 11.8 Å². The molecule has 0 spiro atoms. The molecule has 0 saturated carbocycles. The van der Waals surface area contributed by atoms with E-state index in [1.54, 1.807) is 12.1 Å². The first-order valence-corrected chi connectivity index (χ1v) is 11.8. The van der Waals surface area contributed by atoms with E-state index in [1.165, 1.54) is 17.7 Å². The summed E-state index contributed by atoms with van der Waals surface area (Å²) in [6.07, 6.45) is 9.13. The predicted octanol–water partition coefficient (Wildman–Crippen LogP) is 3.74. The molecule has 2 atom stereocenters. The molecule has 2 saturated heterocycles. The molecule has 6 nitrogen and oxygen atoms in total. The molecule has 32 heavy (non-hydrogen) atoms.